The second kappa shape index (κ2) is 7.21. The van der Waals surface area contributed by atoms with Crippen molar-refractivity contribution in [3.05, 3.63) is 63.7 Å². The molecule has 0 atom stereocenters. The maximum absolute atomic E-state index is 13.8. The van der Waals surface area contributed by atoms with Crippen molar-refractivity contribution in [2.24, 2.45) is 0 Å². The first-order chi connectivity index (χ1) is 12.0. The van der Waals surface area contributed by atoms with E-state index in [-0.39, 0.29) is 11.7 Å². The van der Waals surface area contributed by atoms with Gasteiger partial charge in [-0.25, -0.2) is 9.37 Å². The fraction of sp³-hybridized carbons (Fsp3) is 0.111. The van der Waals surface area contributed by atoms with Gasteiger partial charge in [0, 0.05) is 21.5 Å². The van der Waals surface area contributed by atoms with Gasteiger partial charge in [0.25, 0.3) is 5.91 Å². The summed E-state index contributed by atoms with van der Waals surface area (Å²) in [6, 6.07) is 9.69. The Morgan fingerprint density at radius 1 is 1.28 bits per heavy atom. The highest BCUT2D eigenvalue weighted by molar-refractivity contribution is 7.14. The van der Waals surface area contributed by atoms with Gasteiger partial charge in [0.15, 0.2) is 16.7 Å². The molecule has 7 heteroatoms. The summed E-state index contributed by atoms with van der Waals surface area (Å²) < 4.78 is 18.7. The van der Waals surface area contributed by atoms with Crippen LogP contribution in [0.1, 0.15) is 15.9 Å². The Balaban J connectivity index is 1.78. The first-order valence-corrected chi connectivity index (χ1v) is 8.60. The van der Waals surface area contributed by atoms with E-state index in [2.05, 4.69) is 10.3 Å². The largest absolute Gasteiger partial charge is 0.494 e. The van der Waals surface area contributed by atoms with Crippen molar-refractivity contribution >= 4 is 34.0 Å². The maximum atomic E-state index is 13.8. The molecule has 0 aliphatic heterocycles. The van der Waals surface area contributed by atoms with Gasteiger partial charge in [-0.2, -0.15) is 0 Å². The second-order valence-electron chi connectivity index (χ2n) is 5.31. The molecule has 0 aliphatic carbocycles. The molecular weight excluding hydrogens is 363 g/mol. The molecule has 3 aromatic rings. The molecule has 3 rings (SSSR count). The number of halogens is 2. The van der Waals surface area contributed by atoms with Gasteiger partial charge in [-0.3, -0.25) is 10.1 Å². The molecule has 0 radical (unpaired) electrons. The number of aryl methyl sites for hydroxylation is 1. The van der Waals surface area contributed by atoms with E-state index < -0.39 is 5.82 Å². The highest BCUT2D eigenvalue weighted by Crippen LogP contribution is 2.28. The summed E-state index contributed by atoms with van der Waals surface area (Å²) in [6.07, 6.45) is 0. The lowest BCUT2D eigenvalue weighted by molar-refractivity contribution is 0.102. The predicted octanol–water partition coefficient (Wildman–Crippen LogP) is 5.17. The van der Waals surface area contributed by atoms with Gasteiger partial charge in [0.05, 0.1) is 12.8 Å². The Morgan fingerprint density at radius 3 is 2.76 bits per heavy atom. The minimum atomic E-state index is -0.465. The van der Waals surface area contributed by atoms with Gasteiger partial charge in [-0.05, 0) is 42.8 Å². The number of carbonyl (C=O) groups is 1. The van der Waals surface area contributed by atoms with Gasteiger partial charge in [-0.15, -0.1) is 11.3 Å². The normalized spacial score (nSPS) is 10.6. The summed E-state index contributed by atoms with van der Waals surface area (Å²) in [5.41, 5.74) is 2.52. The summed E-state index contributed by atoms with van der Waals surface area (Å²) in [5, 5.41) is 5.43. The zero-order valence-electron chi connectivity index (χ0n) is 13.5. The highest BCUT2D eigenvalue weighted by Gasteiger charge is 2.12. The third-order valence-corrected chi connectivity index (χ3v) is 4.77. The van der Waals surface area contributed by atoms with Crippen LogP contribution in [-0.4, -0.2) is 18.0 Å². The van der Waals surface area contributed by atoms with Gasteiger partial charge < -0.3 is 4.74 Å². The van der Waals surface area contributed by atoms with Crippen LogP contribution in [0.3, 0.4) is 0 Å². The average Bonchev–Trinajstić information content (AvgIpc) is 3.05. The van der Waals surface area contributed by atoms with Crippen LogP contribution in [0.5, 0.6) is 5.75 Å². The third kappa shape index (κ3) is 3.81. The van der Waals surface area contributed by atoms with Crippen molar-refractivity contribution in [2.75, 3.05) is 12.4 Å². The van der Waals surface area contributed by atoms with E-state index in [4.69, 9.17) is 16.3 Å². The number of carbonyl (C=O) groups excluding carboxylic acids is 1. The molecule has 0 saturated carbocycles. The van der Waals surface area contributed by atoms with Gasteiger partial charge in [0.2, 0.25) is 0 Å². The van der Waals surface area contributed by atoms with Crippen molar-refractivity contribution in [3.63, 3.8) is 0 Å². The maximum Gasteiger partial charge on any atom is 0.257 e. The molecule has 1 amide bonds. The van der Waals surface area contributed by atoms with Crippen molar-refractivity contribution in [2.45, 2.75) is 6.92 Å². The lowest BCUT2D eigenvalue weighted by Crippen LogP contribution is -2.11. The molecule has 1 N–H and O–H groups in total. The zero-order chi connectivity index (χ0) is 18.0. The number of hydrogen-bond donors (Lipinski definition) is 1. The number of anilines is 1. The third-order valence-electron chi connectivity index (χ3n) is 3.61. The van der Waals surface area contributed by atoms with Crippen molar-refractivity contribution in [1.29, 1.82) is 0 Å². The van der Waals surface area contributed by atoms with Crippen LogP contribution in [0, 0.1) is 12.7 Å². The topological polar surface area (TPSA) is 51.2 Å². The monoisotopic (exact) mass is 376 g/mol. The molecular formula is C18H14ClFN2O2S. The van der Waals surface area contributed by atoms with E-state index in [1.807, 2.05) is 6.92 Å². The van der Waals surface area contributed by atoms with E-state index in [0.717, 1.165) is 5.56 Å². The number of hydrogen-bond acceptors (Lipinski definition) is 4. The van der Waals surface area contributed by atoms with E-state index in [0.29, 0.717) is 27.0 Å². The fourth-order valence-corrected chi connectivity index (χ4v) is 3.09. The molecule has 0 bridgehead atoms. The smallest absolute Gasteiger partial charge is 0.257 e. The quantitative estimate of drug-likeness (QED) is 0.683. The van der Waals surface area contributed by atoms with Gasteiger partial charge in [0.1, 0.15) is 0 Å². The molecule has 0 spiro atoms. The van der Waals surface area contributed by atoms with Crippen LogP contribution in [-0.2, 0) is 0 Å². The van der Waals surface area contributed by atoms with Gasteiger partial charge in [-0.1, -0.05) is 17.7 Å². The minimum absolute atomic E-state index is 0.170. The molecule has 1 heterocycles. The number of nitrogens with zero attached hydrogens (tertiary/aromatic N) is 1. The van der Waals surface area contributed by atoms with Crippen LogP contribution >= 0.6 is 22.9 Å². The lowest BCUT2D eigenvalue weighted by atomic mass is 10.1. The second-order valence-corrected chi connectivity index (χ2v) is 6.57. The van der Waals surface area contributed by atoms with Crippen LogP contribution < -0.4 is 10.1 Å². The standard InChI is InChI=1S/C18H14ClFN2O2S/c1-10-3-4-12(7-13(10)19)17(23)22-18-21-15(9-25-18)11-5-6-16(24-2)14(20)8-11/h3-9H,1-2H3,(H,21,22,23). The van der Waals surface area contributed by atoms with Crippen molar-refractivity contribution in [1.82, 2.24) is 4.98 Å². The Hall–Kier alpha value is -2.44. The number of rotatable bonds is 4. The Labute approximate surface area is 153 Å². The highest BCUT2D eigenvalue weighted by atomic mass is 35.5. The number of aromatic nitrogens is 1. The van der Waals surface area contributed by atoms with E-state index >= 15 is 0 Å². The van der Waals surface area contributed by atoms with Crippen molar-refractivity contribution < 1.29 is 13.9 Å². The zero-order valence-corrected chi connectivity index (χ0v) is 15.0. The number of nitrogens with one attached hydrogen (secondary N) is 1. The molecule has 0 fully saturated rings. The Bertz CT molecular complexity index is 943. The van der Waals surface area contributed by atoms with Crippen LogP contribution in [0.2, 0.25) is 5.02 Å². The first-order valence-electron chi connectivity index (χ1n) is 7.35. The number of ether oxygens (including phenoxy) is 1. The molecule has 0 saturated heterocycles. The number of benzene rings is 2. The van der Waals surface area contributed by atoms with E-state index in [1.54, 1.807) is 29.6 Å². The molecule has 0 aliphatic rings. The van der Waals surface area contributed by atoms with Crippen LogP contribution in [0.15, 0.2) is 41.8 Å². The summed E-state index contributed by atoms with van der Waals surface area (Å²) in [4.78, 5) is 16.6. The fourth-order valence-electron chi connectivity index (χ4n) is 2.19. The number of methoxy groups -OCH3 is 1. The van der Waals surface area contributed by atoms with Crippen LogP contribution in [0.4, 0.5) is 9.52 Å². The van der Waals surface area contributed by atoms with Crippen LogP contribution in [0.25, 0.3) is 11.3 Å². The van der Waals surface area contributed by atoms with Gasteiger partial charge >= 0.3 is 0 Å². The molecule has 4 nitrogen and oxygen atoms in total. The number of amides is 1. The molecule has 25 heavy (non-hydrogen) atoms. The molecule has 1 aromatic heterocycles. The average molecular weight is 377 g/mol. The summed E-state index contributed by atoms with van der Waals surface area (Å²) >= 11 is 7.31. The molecule has 0 unspecified atom stereocenters. The van der Waals surface area contributed by atoms with E-state index in [1.165, 1.54) is 30.6 Å². The summed E-state index contributed by atoms with van der Waals surface area (Å²) in [6.45, 7) is 1.87. The Morgan fingerprint density at radius 2 is 2.08 bits per heavy atom. The van der Waals surface area contributed by atoms with E-state index in [9.17, 15) is 9.18 Å². The predicted molar refractivity (Wildman–Crippen MR) is 98.2 cm³/mol. The number of thiazole rings is 1. The molecule has 2 aromatic carbocycles. The van der Waals surface area contributed by atoms with Crippen molar-refractivity contribution in [3.8, 4) is 17.0 Å². The summed E-state index contributed by atoms with van der Waals surface area (Å²) in [7, 11) is 1.41. The molecule has 128 valence electrons. The lowest BCUT2D eigenvalue weighted by Gasteiger charge is -2.04. The first kappa shape index (κ1) is 17.4. The SMILES string of the molecule is COc1ccc(-c2csc(NC(=O)c3ccc(C)c(Cl)c3)n2)cc1F. The summed E-state index contributed by atoms with van der Waals surface area (Å²) in [5.74, 6) is -0.597. The minimum Gasteiger partial charge on any atom is -0.494 e. The Kier molecular flexibility index (Phi) is 5.01.